The van der Waals surface area contributed by atoms with E-state index in [1.165, 1.54) is 10.9 Å². The first-order valence-electron chi connectivity index (χ1n) is 6.26. The molecule has 20 heavy (non-hydrogen) atoms. The highest BCUT2D eigenvalue weighted by Gasteiger charge is 2.12. The molecule has 6 heteroatoms. The summed E-state index contributed by atoms with van der Waals surface area (Å²) in [6, 6.07) is 9.09. The molecule has 0 bridgehead atoms. The fraction of sp³-hybridized carbons (Fsp3) is 0.286. The summed E-state index contributed by atoms with van der Waals surface area (Å²) in [6.07, 6.45) is 0.892. The number of rotatable bonds is 7. The van der Waals surface area contributed by atoms with Crippen molar-refractivity contribution in [1.82, 2.24) is 0 Å². The van der Waals surface area contributed by atoms with E-state index >= 15 is 0 Å². The zero-order chi connectivity index (χ0) is 14.4. The minimum absolute atomic E-state index is 0.0786. The summed E-state index contributed by atoms with van der Waals surface area (Å²) in [7, 11) is 1.67. The molecule has 1 N–H and O–H groups in total. The number of nitrogens with one attached hydrogen (secondary N) is 1. The lowest BCUT2D eigenvalue weighted by atomic mass is 10.2. The lowest BCUT2D eigenvalue weighted by molar-refractivity contribution is -0.384. The van der Waals surface area contributed by atoms with E-state index < -0.39 is 4.92 Å². The van der Waals surface area contributed by atoms with Crippen molar-refractivity contribution >= 4 is 22.7 Å². The van der Waals surface area contributed by atoms with Gasteiger partial charge in [0.1, 0.15) is 5.69 Å². The topological polar surface area (TPSA) is 64.4 Å². The van der Waals surface area contributed by atoms with Gasteiger partial charge in [-0.25, -0.2) is 0 Å². The monoisotopic (exact) mass is 292 g/mol. The van der Waals surface area contributed by atoms with Crippen LogP contribution in [0.5, 0.6) is 0 Å². The van der Waals surface area contributed by atoms with Crippen LogP contribution < -0.4 is 5.32 Å². The van der Waals surface area contributed by atoms with Crippen LogP contribution in [0.4, 0.5) is 11.4 Å². The largest absolute Gasteiger partial charge is 0.383 e. The van der Waals surface area contributed by atoms with Gasteiger partial charge in [-0.15, -0.1) is 11.3 Å². The van der Waals surface area contributed by atoms with Crippen LogP contribution in [0.15, 0.2) is 35.7 Å². The number of nitrogens with zero attached hydrogens (tertiary/aromatic N) is 1. The van der Waals surface area contributed by atoms with Gasteiger partial charge in [0.2, 0.25) is 0 Å². The maximum Gasteiger partial charge on any atom is 0.292 e. The summed E-state index contributed by atoms with van der Waals surface area (Å²) >= 11 is 1.72. The van der Waals surface area contributed by atoms with Crippen LogP contribution in [-0.4, -0.2) is 18.6 Å². The van der Waals surface area contributed by atoms with E-state index in [0.717, 1.165) is 12.0 Å². The average Bonchev–Trinajstić information content (AvgIpc) is 2.96. The first-order valence-corrected chi connectivity index (χ1v) is 7.14. The van der Waals surface area contributed by atoms with Gasteiger partial charge < -0.3 is 10.1 Å². The van der Waals surface area contributed by atoms with Crippen LogP contribution in [0.1, 0.15) is 10.4 Å². The van der Waals surface area contributed by atoms with Crippen LogP contribution in [0, 0.1) is 10.1 Å². The molecule has 0 unspecified atom stereocenters. The average molecular weight is 292 g/mol. The Morgan fingerprint density at radius 3 is 2.90 bits per heavy atom. The highest BCUT2D eigenvalue weighted by Crippen LogP contribution is 2.25. The minimum atomic E-state index is -0.396. The second-order valence-corrected chi connectivity index (χ2v) is 5.27. The van der Waals surface area contributed by atoms with Crippen molar-refractivity contribution in [3.05, 3.63) is 56.3 Å². The molecular weight excluding hydrogens is 276 g/mol. The van der Waals surface area contributed by atoms with Gasteiger partial charge >= 0.3 is 0 Å². The molecule has 0 aliphatic heterocycles. The summed E-state index contributed by atoms with van der Waals surface area (Å²) in [4.78, 5) is 11.7. The van der Waals surface area contributed by atoms with Gasteiger partial charge in [0.25, 0.3) is 5.69 Å². The number of nitro groups is 1. The minimum Gasteiger partial charge on any atom is -0.383 e. The van der Waals surface area contributed by atoms with Crippen molar-refractivity contribution in [2.24, 2.45) is 0 Å². The molecule has 0 spiro atoms. The Labute approximate surface area is 121 Å². The van der Waals surface area contributed by atoms with Gasteiger partial charge in [0, 0.05) is 24.4 Å². The summed E-state index contributed by atoms with van der Waals surface area (Å²) in [5.41, 5.74) is 1.51. The van der Waals surface area contributed by atoms with Crippen molar-refractivity contribution in [1.29, 1.82) is 0 Å². The number of hydrogen-bond acceptors (Lipinski definition) is 5. The third-order valence-electron chi connectivity index (χ3n) is 2.87. The molecule has 0 aliphatic rings. The molecule has 0 amide bonds. The van der Waals surface area contributed by atoms with Gasteiger partial charge in [-0.2, -0.15) is 0 Å². The molecule has 1 aromatic heterocycles. The van der Waals surface area contributed by atoms with Crippen molar-refractivity contribution in [3.63, 3.8) is 0 Å². The van der Waals surface area contributed by atoms with E-state index in [9.17, 15) is 10.1 Å². The normalized spacial score (nSPS) is 10.4. The van der Waals surface area contributed by atoms with E-state index in [1.807, 2.05) is 11.4 Å². The van der Waals surface area contributed by atoms with Gasteiger partial charge in [0.15, 0.2) is 0 Å². The molecule has 0 radical (unpaired) electrons. The predicted molar refractivity (Wildman–Crippen MR) is 80.3 cm³/mol. The molecule has 0 atom stereocenters. The molecule has 0 aliphatic carbocycles. The van der Waals surface area contributed by atoms with Crippen LogP contribution in [-0.2, 0) is 17.8 Å². The Morgan fingerprint density at radius 1 is 1.40 bits per heavy atom. The fourth-order valence-electron chi connectivity index (χ4n) is 1.85. The van der Waals surface area contributed by atoms with Crippen molar-refractivity contribution in [2.75, 3.05) is 19.0 Å². The van der Waals surface area contributed by atoms with E-state index in [4.69, 9.17) is 4.74 Å². The molecule has 5 nitrogen and oxygen atoms in total. The van der Waals surface area contributed by atoms with Crippen LogP contribution in [0.25, 0.3) is 0 Å². The summed E-state index contributed by atoms with van der Waals surface area (Å²) in [5.74, 6) is 0. The van der Waals surface area contributed by atoms with Crippen LogP contribution in [0.3, 0.4) is 0 Å². The molecule has 0 fully saturated rings. The molecule has 2 aromatic rings. The van der Waals surface area contributed by atoms with Gasteiger partial charge in [0.05, 0.1) is 18.1 Å². The number of anilines is 1. The van der Waals surface area contributed by atoms with Crippen molar-refractivity contribution < 1.29 is 9.66 Å². The molecule has 0 saturated carbocycles. The van der Waals surface area contributed by atoms with E-state index in [1.54, 1.807) is 30.5 Å². The first kappa shape index (κ1) is 14.5. The van der Waals surface area contributed by atoms with Gasteiger partial charge in [-0.1, -0.05) is 6.07 Å². The third-order valence-corrected chi connectivity index (χ3v) is 3.80. The number of hydrogen-bond donors (Lipinski definition) is 1. The Bertz CT molecular complexity index is 570. The Hall–Kier alpha value is -1.92. The lowest BCUT2D eigenvalue weighted by Crippen LogP contribution is -2.01. The summed E-state index contributed by atoms with van der Waals surface area (Å²) in [5, 5.41) is 15.7. The smallest absolute Gasteiger partial charge is 0.292 e. The lowest BCUT2D eigenvalue weighted by Gasteiger charge is -2.07. The summed E-state index contributed by atoms with van der Waals surface area (Å²) in [6.45, 7) is 1.10. The van der Waals surface area contributed by atoms with Crippen LogP contribution >= 0.6 is 11.3 Å². The fourth-order valence-corrected chi connectivity index (χ4v) is 2.54. The Morgan fingerprint density at radius 2 is 2.25 bits per heavy atom. The number of thiophene rings is 1. The van der Waals surface area contributed by atoms with E-state index in [0.29, 0.717) is 18.9 Å². The first-order chi connectivity index (χ1) is 9.70. The maximum atomic E-state index is 10.8. The predicted octanol–water partition coefficient (Wildman–Crippen LogP) is 3.46. The number of ether oxygens (including phenoxy) is 1. The highest BCUT2D eigenvalue weighted by molar-refractivity contribution is 7.09. The molecule has 2 rings (SSSR count). The van der Waals surface area contributed by atoms with Crippen LogP contribution in [0.2, 0.25) is 0 Å². The standard InChI is InChI=1S/C14H16N2O3S/c1-15-13-9-11(4-5-14(13)16(17)18)10-19-7-6-12-3-2-8-20-12/h2-5,8-9,15H,6-7,10H2,1H3. The number of nitro benzene ring substituents is 1. The zero-order valence-electron chi connectivity index (χ0n) is 11.2. The molecule has 0 saturated heterocycles. The van der Waals surface area contributed by atoms with E-state index in [2.05, 4.69) is 11.4 Å². The van der Waals surface area contributed by atoms with Gasteiger partial charge in [-0.3, -0.25) is 10.1 Å². The Kier molecular flexibility index (Phi) is 5.09. The molecule has 1 aromatic carbocycles. The number of benzene rings is 1. The second kappa shape index (κ2) is 7.02. The van der Waals surface area contributed by atoms with E-state index in [-0.39, 0.29) is 5.69 Å². The second-order valence-electron chi connectivity index (χ2n) is 4.24. The third kappa shape index (κ3) is 3.79. The highest BCUT2D eigenvalue weighted by atomic mass is 32.1. The SMILES string of the molecule is CNc1cc(COCCc2cccs2)ccc1[N+](=O)[O-]. The molecular formula is C14H16N2O3S. The molecule has 106 valence electrons. The van der Waals surface area contributed by atoms with Crippen molar-refractivity contribution in [3.8, 4) is 0 Å². The Balaban J connectivity index is 1.88. The van der Waals surface area contributed by atoms with Crippen molar-refractivity contribution in [2.45, 2.75) is 13.0 Å². The summed E-state index contributed by atoms with van der Waals surface area (Å²) < 4.78 is 5.60. The zero-order valence-corrected chi connectivity index (χ0v) is 12.0. The molecule has 1 heterocycles. The maximum absolute atomic E-state index is 10.8. The van der Waals surface area contributed by atoms with Gasteiger partial charge in [-0.05, 0) is 29.1 Å². The quantitative estimate of drug-likeness (QED) is 0.482.